The van der Waals surface area contributed by atoms with Gasteiger partial charge >= 0.3 is 0 Å². The molecule has 1 aromatic heterocycles. The van der Waals surface area contributed by atoms with E-state index in [1.54, 1.807) is 17.4 Å². The maximum Gasteiger partial charge on any atom is 0.126 e. The maximum absolute atomic E-state index is 6.26. The molecule has 1 nitrogen and oxygen atoms in total. The minimum absolute atomic E-state index is 0.561. The van der Waals surface area contributed by atoms with Gasteiger partial charge in [-0.3, -0.25) is 0 Å². The molecule has 96 valence electrons. The standard InChI is InChI=1S/C15H11Cl2NS/c1-8-6-9(2)14-12(7-8)19-15(18-14)10-4-3-5-11(16)13(10)17/h3-7H,1-2H3. The lowest BCUT2D eigenvalue weighted by molar-refractivity contribution is 1.38. The highest BCUT2D eigenvalue weighted by molar-refractivity contribution is 7.21. The second-order valence-corrected chi connectivity index (χ2v) is 6.36. The van der Waals surface area contributed by atoms with Crippen LogP contribution in [0.2, 0.25) is 10.0 Å². The van der Waals surface area contributed by atoms with E-state index in [1.165, 1.54) is 15.8 Å². The van der Waals surface area contributed by atoms with Crippen LogP contribution < -0.4 is 0 Å². The molecule has 3 rings (SSSR count). The summed E-state index contributed by atoms with van der Waals surface area (Å²) in [5.41, 5.74) is 4.38. The molecule has 0 bridgehead atoms. The summed E-state index contributed by atoms with van der Waals surface area (Å²) < 4.78 is 1.18. The average Bonchev–Trinajstić information content (AvgIpc) is 2.76. The van der Waals surface area contributed by atoms with E-state index < -0.39 is 0 Å². The zero-order chi connectivity index (χ0) is 13.6. The molecule has 0 N–H and O–H groups in total. The predicted molar refractivity (Wildman–Crippen MR) is 84.6 cm³/mol. The highest BCUT2D eigenvalue weighted by Gasteiger charge is 2.13. The molecule has 19 heavy (non-hydrogen) atoms. The first-order valence-electron chi connectivity index (χ1n) is 5.88. The van der Waals surface area contributed by atoms with Crippen LogP contribution in [0.25, 0.3) is 20.8 Å². The van der Waals surface area contributed by atoms with E-state index >= 15 is 0 Å². The van der Waals surface area contributed by atoms with E-state index in [4.69, 9.17) is 28.2 Å². The Bertz CT molecular complexity index is 777. The topological polar surface area (TPSA) is 12.9 Å². The number of rotatable bonds is 1. The summed E-state index contributed by atoms with van der Waals surface area (Å²) in [7, 11) is 0. The SMILES string of the molecule is Cc1cc(C)c2nc(-c3cccc(Cl)c3Cl)sc2c1. The first-order chi connectivity index (χ1) is 9.06. The highest BCUT2D eigenvalue weighted by Crippen LogP contribution is 2.38. The third-order valence-electron chi connectivity index (χ3n) is 3.01. The summed E-state index contributed by atoms with van der Waals surface area (Å²) in [4.78, 5) is 4.70. The van der Waals surface area contributed by atoms with Gasteiger partial charge in [-0.2, -0.15) is 0 Å². The Morgan fingerprint density at radius 2 is 1.89 bits per heavy atom. The van der Waals surface area contributed by atoms with Gasteiger partial charge in [0, 0.05) is 5.56 Å². The van der Waals surface area contributed by atoms with Gasteiger partial charge in [0.15, 0.2) is 0 Å². The second-order valence-electron chi connectivity index (χ2n) is 4.55. The van der Waals surface area contributed by atoms with Crippen molar-refractivity contribution >= 4 is 44.8 Å². The summed E-state index contributed by atoms with van der Waals surface area (Å²) in [5, 5.41) is 2.04. The molecule has 2 aromatic carbocycles. The number of fused-ring (bicyclic) bond motifs is 1. The van der Waals surface area contributed by atoms with Crippen molar-refractivity contribution in [3.8, 4) is 10.6 Å². The summed E-state index contributed by atoms with van der Waals surface area (Å²) in [5.74, 6) is 0. The molecule has 0 spiro atoms. The molecule has 0 aliphatic carbocycles. The number of halogens is 2. The Morgan fingerprint density at radius 3 is 2.68 bits per heavy atom. The molecule has 0 amide bonds. The summed E-state index contributed by atoms with van der Waals surface area (Å²) in [6.45, 7) is 4.18. The van der Waals surface area contributed by atoms with Crippen LogP contribution >= 0.6 is 34.5 Å². The average molecular weight is 308 g/mol. The fourth-order valence-electron chi connectivity index (χ4n) is 2.15. The summed E-state index contributed by atoms with van der Waals surface area (Å²) >= 11 is 14.0. The van der Waals surface area contributed by atoms with Crippen LogP contribution in [0.15, 0.2) is 30.3 Å². The minimum atomic E-state index is 0.561. The number of hydrogen-bond acceptors (Lipinski definition) is 2. The summed E-state index contributed by atoms with van der Waals surface area (Å²) in [6.07, 6.45) is 0. The molecule has 0 aliphatic heterocycles. The van der Waals surface area contributed by atoms with E-state index in [1.807, 2.05) is 12.1 Å². The van der Waals surface area contributed by atoms with Gasteiger partial charge in [0.1, 0.15) is 5.01 Å². The van der Waals surface area contributed by atoms with Crippen molar-refractivity contribution in [1.82, 2.24) is 4.98 Å². The molecule has 0 fully saturated rings. The van der Waals surface area contributed by atoms with Crippen LogP contribution in [0.5, 0.6) is 0 Å². The lowest BCUT2D eigenvalue weighted by Crippen LogP contribution is -1.81. The molecule has 0 atom stereocenters. The molecule has 3 aromatic rings. The van der Waals surface area contributed by atoms with Gasteiger partial charge < -0.3 is 0 Å². The van der Waals surface area contributed by atoms with Crippen LogP contribution in [-0.2, 0) is 0 Å². The Hall–Kier alpha value is -1.09. The molecular formula is C15H11Cl2NS. The largest absolute Gasteiger partial charge is 0.236 e. The number of nitrogens with zero attached hydrogens (tertiary/aromatic N) is 1. The van der Waals surface area contributed by atoms with E-state index in [0.717, 1.165) is 16.1 Å². The fraction of sp³-hybridized carbons (Fsp3) is 0.133. The van der Waals surface area contributed by atoms with Crippen molar-refractivity contribution in [3.63, 3.8) is 0 Å². The van der Waals surface area contributed by atoms with Gasteiger partial charge in [-0.15, -0.1) is 11.3 Å². The molecule has 0 saturated carbocycles. The smallest absolute Gasteiger partial charge is 0.126 e. The summed E-state index contributed by atoms with van der Waals surface area (Å²) in [6, 6.07) is 9.94. The number of thiazole rings is 1. The van der Waals surface area contributed by atoms with Crippen LogP contribution in [0, 0.1) is 13.8 Å². The first kappa shape index (κ1) is 12.9. The van der Waals surface area contributed by atoms with Crippen LogP contribution in [-0.4, -0.2) is 4.98 Å². The lowest BCUT2D eigenvalue weighted by Gasteiger charge is -2.01. The molecule has 1 heterocycles. The van der Waals surface area contributed by atoms with Crippen LogP contribution in [0.3, 0.4) is 0 Å². The molecule has 0 saturated heterocycles. The zero-order valence-corrected chi connectivity index (χ0v) is 12.8. The van der Waals surface area contributed by atoms with E-state index in [2.05, 4.69) is 26.0 Å². The van der Waals surface area contributed by atoms with E-state index in [9.17, 15) is 0 Å². The number of aryl methyl sites for hydroxylation is 2. The lowest BCUT2D eigenvalue weighted by atomic mass is 10.1. The van der Waals surface area contributed by atoms with Gasteiger partial charge in [-0.25, -0.2) is 4.98 Å². The van der Waals surface area contributed by atoms with Crippen molar-refractivity contribution in [1.29, 1.82) is 0 Å². The first-order valence-corrected chi connectivity index (χ1v) is 7.45. The van der Waals surface area contributed by atoms with Crippen LogP contribution in [0.1, 0.15) is 11.1 Å². The zero-order valence-electron chi connectivity index (χ0n) is 10.5. The van der Waals surface area contributed by atoms with Crippen molar-refractivity contribution in [2.75, 3.05) is 0 Å². The Labute approximate surface area is 125 Å². The van der Waals surface area contributed by atoms with Gasteiger partial charge in [0.05, 0.1) is 20.3 Å². The van der Waals surface area contributed by atoms with Gasteiger partial charge in [-0.1, -0.05) is 41.4 Å². The molecule has 0 aliphatic rings. The van der Waals surface area contributed by atoms with Gasteiger partial charge in [-0.05, 0) is 37.1 Å². The second kappa shape index (κ2) is 4.78. The van der Waals surface area contributed by atoms with Gasteiger partial charge in [0.25, 0.3) is 0 Å². The normalized spacial score (nSPS) is 11.2. The molecule has 0 radical (unpaired) electrons. The Kier molecular flexibility index (Phi) is 3.25. The molecular weight excluding hydrogens is 297 g/mol. The molecule has 0 unspecified atom stereocenters. The van der Waals surface area contributed by atoms with Crippen molar-refractivity contribution in [3.05, 3.63) is 51.5 Å². The highest BCUT2D eigenvalue weighted by atomic mass is 35.5. The van der Waals surface area contributed by atoms with Crippen molar-refractivity contribution < 1.29 is 0 Å². The third kappa shape index (κ3) is 2.25. The third-order valence-corrected chi connectivity index (χ3v) is 4.87. The van der Waals surface area contributed by atoms with E-state index in [0.29, 0.717) is 10.0 Å². The Morgan fingerprint density at radius 1 is 1.11 bits per heavy atom. The fourth-order valence-corrected chi connectivity index (χ4v) is 3.77. The van der Waals surface area contributed by atoms with Crippen molar-refractivity contribution in [2.45, 2.75) is 13.8 Å². The van der Waals surface area contributed by atoms with Gasteiger partial charge in [0.2, 0.25) is 0 Å². The van der Waals surface area contributed by atoms with E-state index in [-0.39, 0.29) is 0 Å². The van der Waals surface area contributed by atoms with Crippen molar-refractivity contribution in [2.24, 2.45) is 0 Å². The quantitative estimate of drug-likeness (QED) is 0.546. The predicted octanol–water partition coefficient (Wildman–Crippen LogP) is 5.89. The number of benzene rings is 2. The minimum Gasteiger partial charge on any atom is -0.236 e. The monoisotopic (exact) mass is 307 g/mol. The molecule has 4 heteroatoms. The Balaban J connectivity index is 2.26. The maximum atomic E-state index is 6.26. The number of hydrogen-bond donors (Lipinski definition) is 0. The van der Waals surface area contributed by atoms with Crippen LogP contribution in [0.4, 0.5) is 0 Å². The number of aromatic nitrogens is 1.